The minimum Gasteiger partial charge on any atom is -0.361 e. The fourth-order valence-corrected chi connectivity index (χ4v) is 4.02. The van der Waals surface area contributed by atoms with Crippen LogP contribution in [0.3, 0.4) is 0 Å². The summed E-state index contributed by atoms with van der Waals surface area (Å²) in [5, 5.41) is 7.72. The first-order chi connectivity index (χ1) is 14.6. The molecule has 1 aliphatic heterocycles. The van der Waals surface area contributed by atoms with Crippen molar-refractivity contribution in [3.63, 3.8) is 0 Å². The van der Waals surface area contributed by atoms with E-state index in [9.17, 15) is 4.79 Å². The highest BCUT2D eigenvalue weighted by Gasteiger charge is 2.20. The van der Waals surface area contributed by atoms with Gasteiger partial charge in [0.1, 0.15) is 0 Å². The second-order valence-corrected chi connectivity index (χ2v) is 7.80. The fourth-order valence-electron chi connectivity index (χ4n) is 4.02. The molecule has 0 fully saturated rings. The Morgan fingerprint density at radius 1 is 1.16 bits per heavy atom. The fraction of sp³-hybridized carbons (Fsp3) is 0.333. The molecule has 0 radical (unpaired) electrons. The number of hydrogen-bond acceptors (Lipinski definition) is 2. The lowest BCUT2D eigenvalue weighted by Crippen LogP contribution is -2.46. The van der Waals surface area contributed by atoms with Gasteiger partial charge in [-0.15, -0.1) is 24.0 Å². The number of halogens is 1. The van der Waals surface area contributed by atoms with Gasteiger partial charge in [-0.25, -0.2) is 0 Å². The van der Waals surface area contributed by atoms with Gasteiger partial charge in [-0.1, -0.05) is 36.4 Å². The third-order valence-electron chi connectivity index (χ3n) is 5.72. The van der Waals surface area contributed by atoms with Crippen LogP contribution in [0.15, 0.2) is 53.7 Å². The number of fused-ring (bicyclic) bond motifs is 2. The molecule has 0 atom stereocenters. The van der Waals surface area contributed by atoms with Gasteiger partial charge in [0.05, 0.1) is 6.54 Å². The lowest BCUT2D eigenvalue weighted by Gasteiger charge is -2.29. The quantitative estimate of drug-likeness (QED) is 0.269. The van der Waals surface area contributed by atoms with Gasteiger partial charge in [0, 0.05) is 43.8 Å². The Morgan fingerprint density at radius 2 is 1.97 bits per heavy atom. The Balaban J connectivity index is 0.00000272. The third-order valence-corrected chi connectivity index (χ3v) is 5.72. The number of aryl methyl sites for hydroxylation is 1. The highest BCUT2D eigenvalue weighted by atomic mass is 127. The van der Waals surface area contributed by atoms with E-state index in [0.29, 0.717) is 12.5 Å². The standard InChI is InChI=1S/C24H29N5O.HI/c1-17-7-8-21-19(14-27-22(21)13-17)9-11-26-24(25-2)28-15-23(30)29-12-10-18-5-3-4-6-20(18)16-29;/h3-8,13-14,27H,9-12,15-16H2,1-2H3,(H2,25,26,28);1H. The number of aliphatic imine (C=N–C) groups is 1. The lowest BCUT2D eigenvalue weighted by atomic mass is 10.00. The highest BCUT2D eigenvalue weighted by molar-refractivity contribution is 14.0. The van der Waals surface area contributed by atoms with Crippen molar-refractivity contribution in [2.45, 2.75) is 26.3 Å². The molecule has 0 saturated carbocycles. The molecule has 0 unspecified atom stereocenters. The number of rotatable bonds is 5. The van der Waals surface area contributed by atoms with Crippen LogP contribution in [0.25, 0.3) is 10.9 Å². The first-order valence-electron chi connectivity index (χ1n) is 10.5. The number of carbonyl (C=O) groups excluding carboxylic acids is 1. The summed E-state index contributed by atoms with van der Waals surface area (Å²) in [4.78, 5) is 22.1. The summed E-state index contributed by atoms with van der Waals surface area (Å²) >= 11 is 0. The van der Waals surface area contributed by atoms with E-state index in [1.165, 1.54) is 33.2 Å². The molecular formula is C24H30IN5O. The van der Waals surface area contributed by atoms with E-state index >= 15 is 0 Å². The molecule has 31 heavy (non-hydrogen) atoms. The molecule has 1 aliphatic rings. The summed E-state index contributed by atoms with van der Waals surface area (Å²) in [6, 6.07) is 14.8. The van der Waals surface area contributed by atoms with Gasteiger partial charge in [0.15, 0.2) is 5.96 Å². The van der Waals surface area contributed by atoms with Gasteiger partial charge in [0.2, 0.25) is 5.91 Å². The van der Waals surface area contributed by atoms with E-state index < -0.39 is 0 Å². The van der Waals surface area contributed by atoms with Gasteiger partial charge in [-0.2, -0.15) is 0 Å². The minimum absolute atomic E-state index is 0. The van der Waals surface area contributed by atoms with Crippen LogP contribution < -0.4 is 10.6 Å². The van der Waals surface area contributed by atoms with Crippen LogP contribution >= 0.6 is 24.0 Å². The Morgan fingerprint density at radius 3 is 2.77 bits per heavy atom. The molecule has 0 spiro atoms. The zero-order valence-corrected chi connectivity index (χ0v) is 20.4. The van der Waals surface area contributed by atoms with Gasteiger partial charge < -0.3 is 20.5 Å². The average molecular weight is 531 g/mol. The van der Waals surface area contributed by atoms with Crippen molar-refractivity contribution < 1.29 is 4.79 Å². The van der Waals surface area contributed by atoms with Crippen LogP contribution in [0.5, 0.6) is 0 Å². The number of hydrogen-bond donors (Lipinski definition) is 3. The predicted octanol–water partition coefficient (Wildman–Crippen LogP) is 3.39. The number of guanidine groups is 1. The van der Waals surface area contributed by atoms with Crippen LogP contribution in [0, 0.1) is 6.92 Å². The van der Waals surface area contributed by atoms with Crippen molar-refractivity contribution in [3.8, 4) is 0 Å². The summed E-state index contributed by atoms with van der Waals surface area (Å²) < 4.78 is 0. The lowest BCUT2D eigenvalue weighted by molar-refractivity contribution is -0.130. The number of nitrogens with one attached hydrogen (secondary N) is 3. The normalized spacial score (nSPS) is 13.5. The van der Waals surface area contributed by atoms with Crippen molar-refractivity contribution >= 4 is 46.7 Å². The molecule has 6 nitrogen and oxygen atoms in total. The van der Waals surface area contributed by atoms with Gasteiger partial charge in [0.25, 0.3) is 0 Å². The topological polar surface area (TPSA) is 72.5 Å². The molecule has 3 N–H and O–H groups in total. The number of H-pyrrole nitrogens is 1. The van der Waals surface area contributed by atoms with Crippen molar-refractivity contribution in [2.75, 3.05) is 26.7 Å². The molecule has 4 rings (SSSR count). The number of amides is 1. The smallest absolute Gasteiger partial charge is 0.242 e. The molecular weight excluding hydrogens is 501 g/mol. The Kier molecular flexibility index (Phi) is 7.95. The van der Waals surface area contributed by atoms with Crippen LogP contribution in [-0.2, 0) is 24.2 Å². The molecule has 7 heteroatoms. The van der Waals surface area contributed by atoms with Crippen LogP contribution in [0.4, 0.5) is 0 Å². The second kappa shape index (κ2) is 10.7. The number of aromatic amines is 1. The van der Waals surface area contributed by atoms with E-state index in [2.05, 4.69) is 70.1 Å². The van der Waals surface area contributed by atoms with Crippen molar-refractivity contribution in [1.29, 1.82) is 0 Å². The molecule has 2 heterocycles. The summed E-state index contributed by atoms with van der Waals surface area (Å²) in [5.74, 6) is 0.746. The summed E-state index contributed by atoms with van der Waals surface area (Å²) in [7, 11) is 1.73. The molecule has 1 amide bonds. The van der Waals surface area contributed by atoms with E-state index in [4.69, 9.17) is 0 Å². The van der Waals surface area contributed by atoms with Gasteiger partial charge in [-0.05, 0) is 48.1 Å². The minimum atomic E-state index is 0. The molecule has 3 aromatic rings. The number of aromatic nitrogens is 1. The number of carbonyl (C=O) groups is 1. The van der Waals surface area contributed by atoms with Crippen molar-refractivity contribution in [3.05, 3.63) is 70.9 Å². The summed E-state index contributed by atoms with van der Waals surface area (Å²) in [6.45, 7) is 4.54. The largest absolute Gasteiger partial charge is 0.361 e. The molecule has 164 valence electrons. The summed E-state index contributed by atoms with van der Waals surface area (Å²) in [6.07, 6.45) is 3.86. The zero-order valence-electron chi connectivity index (χ0n) is 18.1. The summed E-state index contributed by atoms with van der Waals surface area (Å²) in [5.41, 5.74) is 6.28. The highest BCUT2D eigenvalue weighted by Crippen LogP contribution is 2.20. The maximum atomic E-state index is 12.6. The zero-order chi connectivity index (χ0) is 20.9. The van der Waals surface area contributed by atoms with Crippen molar-refractivity contribution in [1.82, 2.24) is 20.5 Å². The number of nitrogens with zero attached hydrogens (tertiary/aromatic N) is 2. The number of benzene rings is 2. The second-order valence-electron chi connectivity index (χ2n) is 7.80. The Bertz CT molecular complexity index is 1070. The van der Waals surface area contributed by atoms with E-state index in [-0.39, 0.29) is 36.4 Å². The predicted molar refractivity (Wildman–Crippen MR) is 137 cm³/mol. The first-order valence-corrected chi connectivity index (χ1v) is 10.5. The monoisotopic (exact) mass is 531 g/mol. The van der Waals surface area contributed by atoms with E-state index in [0.717, 1.165) is 25.9 Å². The van der Waals surface area contributed by atoms with E-state index in [1.807, 2.05) is 11.0 Å². The average Bonchev–Trinajstić information content (AvgIpc) is 3.17. The molecule has 0 bridgehead atoms. The van der Waals surface area contributed by atoms with Crippen molar-refractivity contribution in [2.24, 2.45) is 4.99 Å². The van der Waals surface area contributed by atoms with E-state index in [1.54, 1.807) is 7.05 Å². The molecule has 1 aromatic heterocycles. The molecule has 2 aromatic carbocycles. The molecule has 0 saturated heterocycles. The molecule has 0 aliphatic carbocycles. The Hall–Kier alpha value is -2.55. The Labute approximate surface area is 200 Å². The SMILES string of the molecule is CN=C(NCCc1c[nH]c2cc(C)ccc12)NCC(=O)N1CCc2ccccc2C1.I. The van der Waals surface area contributed by atoms with Gasteiger partial charge in [-0.3, -0.25) is 9.79 Å². The maximum Gasteiger partial charge on any atom is 0.242 e. The van der Waals surface area contributed by atoms with Gasteiger partial charge >= 0.3 is 0 Å². The first kappa shape index (κ1) is 23.1. The van der Waals surface area contributed by atoms with Crippen LogP contribution in [0.1, 0.15) is 22.3 Å². The third kappa shape index (κ3) is 5.58. The van der Waals surface area contributed by atoms with Crippen LogP contribution in [0.2, 0.25) is 0 Å². The van der Waals surface area contributed by atoms with Crippen LogP contribution in [-0.4, -0.2) is 48.4 Å². The maximum absolute atomic E-state index is 12.6.